The van der Waals surface area contributed by atoms with Crippen molar-refractivity contribution in [3.63, 3.8) is 0 Å². The van der Waals surface area contributed by atoms with Gasteiger partial charge in [0.1, 0.15) is 0 Å². The Kier molecular flexibility index (Phi) is 7.60. The van der Waals surface area contributed by atoms with E-state index in [2.05, 4.69) is 6.92 Å². The first-order chi connectivity index (χ1) is 8.40. The Morgan fingerprint density at radius 3 is 2.28 bits per heavy atom. The predicted octanol–water partition coefficient (Wildman–Crippen LogP) is 3.81. The van der Waals surface area contributed by atoms with E-state index in [-0.39, 0.29) is 17.0 Å². The van der Waals surface area contributed by atoms with E-state index >= 15 is 0 Å². The van der Waals surface area contributed by atoms with Crippen LogP contribution in [0.5, 0.6) is 0 Å². The van der Waals surface area contributed by atoms with Gasteiger partial charge in [-0.2, -0.15) is 0 Å². The van der Waals surface area contributed by atoms with Gasteiger partial charge in [-0.15, -0.1) is 0 Å². The molecular weight excluding hydrogens is 228 g/mol. The number of allylic oxidation sites excluding steroid dienone is 3. The summed E-state index contributed by atoms with van der Waals surface area (Å²) in [6.45, 7) is 10.9. The molecule has 18 heavy (non-hydrogen) atoms. The van der Waals surface area contributed by atoms with Crippen molar-refractivity contribution < 1.29 is 14.6 Å². The van der Waals surface area contributed by atoms with Gasteiger partial charge in [0.05, 0.1) is 0 Å². The van der Waals surface area contributed by atoms with Gasteiger partial charge in [0.2, 0.25) is 5.78 Å². The molecule has 0 unspecified atom stereocenters. The van der Waals surface area contributed by atoms with Crippen molar-refractivity contribution in [2.75, 3.05) is 13.2 Å². The highest BCUT2D eigenvalue weighted by Gasteiger charge is 2.29. The zero-order valence-corrected chi connectivity index (χ0v) is 12.2. The zero-order valence-electron chi connectivity index (χ0n) is 12.2. The van der Waals surface area contributed by atoms with Gasteiger partial charge < -0.3 is 9.84 Å². The quantitative estimate of drug-likeness (QED) is 0.407. The molecule has 0 radical (unpaired) electrons. The predicted molar refractivity (Wildman–Crippen MR) is 74.7 cm³/mol. The van der Waals surface area contributed by atoms with Crippen LogP contribution in [0, 0.1) is 5.41 Å². The van der Waals surface area contributed by atoms with Crippen molar-refractivity contribution in [1.82, 2.24) is 0 Å². The van der Waals surface area contributed by atoms with Crippen LogP contribution in [0.25, 0.3) is 0 Å². The van der Waals surface area contributed by atoms with Crippen LogP contribution in [-0.4, -0.2) is 24.1 Å². The van der Waals surface area contributed by atoms with E-state index in [4.69, 9.17) is 4.74 Å². The molecule has 0 bridgehead atoms. The summed E-state index contributed by atoms with van der Waals surface area (Å²) in [5, 5.41) is 9.54. The first kappa shape index (κ1) is 16.9. The van der Waals surface area contributed by atoms with E-state index in [0.717, 1.165) is 19.4 Å². The van der Waals surface area contributed by atoms with Crippen LogP contribution in [0.4, 0.5) is 0 Å². The molecule has 1 N–H and O–H groups in total. The molecule has 0 saturated heterocycles. The highest BCUT2D eigenvalue weighted by molar-refractivity contribution is 6.07. The molecule has 0 heterocycles. The van der Waals surface area contributed by atoms with E-state index in [9.17, 15) is 9.90 Å². The molecule has 0 aliphatic carbocycles. The van der Waals surface area contributed by atoms with Crippen LogP contribution in [0.15, 0.2) is 23.5 Å². The van der Waals surface area contributed by atoms with Crippen molar-refractivity contribution in [3.8, 4) is 0 Å². The summed E-state index contributed by atoms with van der Waals surface area (Å²) in [5.74, 6) is -0.480. The molecule has 0 rings (SSSR count). The van der Waals surface area contributed by atoms with E-state index < -0.39 is 0 Å². The second kappa shape index (κ2) is 8.09. The zero-order chi connectivity index (χ0) is 14.2. The Morgan fingerprint density at radius 1 is 1.22 bits per heavy atom. The minimum absolute atomic E-state index is 0.189. The minimum atomic E-state index is -0.295. The van der Waals surface area contributed by atoms with Crippen molar-refractivity contribution in [2.24, 2.45) is 5.41 Å². The van der Waals surface area contributed by atoms with Crippen LogP contribution >= 0.6 is 0 Å². The third-order valence-corrected chi connectivity index (χ3v) is 2.99. The van der Waals surface area contributed by atoms with E-state index in [1.54, 1.807) is 13.0 Å². The number of hydrogen-bond acceptors (Lipinski definition) is 3. The van der Waals surface area contributed by atoms with Crippen molar-refractivity contribution in [1.29, 1.82) is 0 Å². The standard InChI is InChI=1S/C15H26O3/c1-6-10-18-11-9-15(4,5)12(7-2)14(17)13(16)8-3/h7-8,16H,6,9-11H2,1-5H3/b12-7+,13-8+. The fourth-order valence-electron chi connectivity index (χ4n) is 1.81. The number of carbonyl (C=O) groups excluding carboxylic acids is 1. The first-order valence-electron chi connectivity index (χ1n) is 6.55. The maximum atomic E-state index is 12.0. The summed E-state index contributed by atoms with van der Waals surface area (Å²) in [4.78, 5) is 12.0. The topological polar surface area (TPSA) is 46.5 Å². The summed E-state index contributed by atoms with van der Waals surface area (Å²) < 4.78 is 5.46. The minimum Gasteiger partial charge on any atom is -0.504 e. The molecule has 0 aromatic rings. The Balaban J connectivity index is 4.68. The Morgan fingerprint density at radius 2 is 1.83 bits per heavy atom. The number of aliphatic hydroxyl groups excluding tert-OH is 1. The number of ether oxygens (including phenoxy) is 1. The largest absolute Gasteiger partial charge is 0.504 e. The second-order valence-electron chi connectivity index (χ2n) is 4.95. The summed E-state index contributed by atoms with van der Waals surface area (Å²) in [5.41, 5.74) is 0.342. The third-order valence-electron chi connectivity index (χ3n) is 2.99. The van der Waals surface area contributed by atoms with Crippen LogP contribution < -0.4 is 0 Å². The van der Waals surface area contributed by atoms with Gasteiger partial charge >= 0.3 is 0 Å². The Labute approximate surface area is 111 Å². The SMILES string of the molecule is C/C=C(\C(=O)/C(O)=C\C)C(C)(C)CCOCCC. The van der Waals surface area contributed by atoms with Crippen LogP contribution in [0.3, 0.4) is 0 Å². The molecule has 0 aliphatic heterocycles. The Hall–Kier alpha value is -1.09. The van der Waals surface area contributed by atoms with E-state index in [1.807, 2.05) is 20.8 Å². The smallest absolute Gasteiger partial charge is 0.223 e. The molecule has 3 heteroatoms. The van der Waals surface area contributed by atoms with Gasteiger partial charge in [-0.1, -0.05) is 26.8 Å². The molecule has 0 aliphatic rings. The Bertz CT molecular complexity index is 325. The number of ketones is 1. The molecule has 0 aromatic heterocycles. The fraction of sp³-hybridized carbons (Fsp3) is 0.667. The maximum absolute atomic E-state index is 12.0. The highest BCUT2D eigenvalue weighted by atomic mass is 16.5. The summed E-state index contributed by atoms with van der Waals surface area (Å²) in [6, 6.07) is 0. The highest BCUT2D eigenvalue weighted by Crippen LogP contribution is 2.32. The fourth-order valence-corrected chi connectivity index (χ4v) is 1.81. The van der Waals surface area contributed by atoms with Gasteiger partial charge in [-0.3, -0.25) is 4.79 Å². The van der Waals surface area contributed by atoms with Crippen molar-refractivity contribution in [3.05, 3.63) is 23.5 Å². The molecule has 0 fully saturated rings. The molecule has 0 amide bonds. The van der Waals surface area contributed by atoms with Crippen molar-refractivity contribution in [2.45, 2.75) is 47.5 Å². The summed E-state index contributed by atoms with van der Waals surface area (Å²) in [6.07, 6.45) is 4.96. The lowest BCUT2D eigenvalue weighted by Crippen LogP contribution is -2.24. The summed E-state index contributed by atoms with van der Waals surface area (Å²) in [7, 11) is 0. The van der Waals surface area contributed by atoms with Gasteiger partial charge in [0.15, 0.2) is 5.76 Å². The molecule has 0 aromatic carbocycles. The number of carbonyl (C=O) groups is 1. The van der Waals surface area contributed by atoms with Crippen LogP contribution in [0.2, 0.25) is 0 Å². The maximum Gasteiger partial charge on any atom is 0.223 e. The number of aliphatic hydroxyl groups is 1. The normalized spacial score (nSPS) is 13.8. The van der Waals surface area contributed by atoms with Gasteiger partial charge in [-0.25, -0.2) is 0 Å². The molecular formula is C15H26O3. The van der Waals surface area contributed by atoms with Crippen LogP contribution in [0.1, 0.15) is 47.5 Å². The third kappa shape index (κ3) is 5.05. The van der Waals surface area contributed by atoms with E-state index in [0.29, 0.717) is 12.2 Å². The number of hydrogen-bond donors (Lipinski definition) is 1. The monoisotopic (exact) mass is 254 g/mol. The van der Waals surface area contributed by atoms with E-state index in [1.165, 1.54) is 6.08 Å². The average Bonchev–Trinajstić information content (AvgIpc) is 2.34. The lowest BCUT2D eigenvalue weighted by atomic mass is 9.78. The number of Topliss-reactive ketones (excluding diaryl/α,β-unsaturated/α-hetero) is 1. The number of rotatable bonds is 8. The van der Waals surface area contributed by atoms with Gasteiger partial charge in [-0.05, 0) is 38.2 Å². The lowest BCUT2D eigenvalue weighted by molar-refractivity contribution is -0.115. The van der Waals surface area contributed by atoms with Crippen LogP contribution in [-0.2, 0) is 9.53 Å². The molecule has 0 saturated carbocycles. The molecule has 104 valence electrons. The molecule has 0 spiro atoms. The molecule has 0 atom stereocenters. The van der Waals surface area contributed by atoms with Gasteiger partial charge in [0.25, 0.3) is 0 Å². The van der Waals surface area contributed by atoms with Gasteiger partial charge in [0, 0.05) is 18.8 Å². The summed E-state index contributed by atoms with van der Waals surface area (Å²) >= 11 is 0. The molecule has 3 nitrogen and oxygen atoms in total. The first-order valence-corrected chi connectivity index (χ1v) is 6.55. The average molecular weight is 254 g/mol. The lowest BCUT2D eigenvalue weighted by Gasteiger charge is -2.27. The second-order valence-corrected chi connectivity index (χ2v) is 4.95. The van der Waals surface area contributed by atoms with Crippen molar-refractivity contribution >= 4 is 5.78 Å².